The maximum absolute atomic E-state index is 7.80. The quantitative estimate of drug-likeness (QED) is 0.807. The molecule has 2 aliphatic heterocycles. The van der Waals surface area contributed by atoms with Gasteiger partial charge in [-0.05, 0) is 41.8 Å². The molecule has 1 saturated heterocycles. The van der Waals surface area contributed by atoms with Gasteiger partial charge in [-0.15, -0.1) is 0 Å². The van der Waals surface area contributed by atoms with Crippen LogP contribution in [0, 0.1) is 0 Å². The molecule has 3 heteroatoms. The van der Waals surface area contributed by atoms with Gasteiger partial charge in [0, 0.05) is 42.2 Å². The standard InChI is InChI=1S/C16H22N2S/c1-13-11-14(2)19(12-13)16-6-4-3-5-15(16)18-9-7-17-8-10-18/h3-6,11-12,17,19H,7-10H2,1-2H3/i1D3,2D. The Morgan fingerprint density at radius 3 is 2.89 bits per heavy atom. The average Bonchev–Trinajstić information content (AvgIpc) is 3.00. The number of anilines is 1. The van der Waals surface area contributed by atoms with E-state index in [0.717, 1.165) is 31.1 Å². The van der Waals surface area contributed by atoms with Crippen LogP contribution >= 0.6 is 10.9 Å². The van der Waals surface area contributed by atoms with Gasteiger partial charge >= 0.3 is 0 Å². The van der Waals surface area contributed by atoms with Crippen molar-refractivity contribution in [3.05, 3.63) is 46.2 Å². The minimum Gasteiger partial charge on any atom is -0.368 e. The maximum Gasteiger partial charge on any atom is 0.0494 e. The molecule has 1 aromatic carbocycles. The number of hydrogen-bond donors (Lipinski definition) is 2. The third-order valence-electron chi connectivity index (χ3n) is 3.50. The summed E-state index contributed by atoms with van der Waals surface area (Å²) in [7, 11) is -0.863. The van der Waals surface area contributed by atoms with Gasteiger partial charge in [0.1, 0.15) is 0 Å². The van der Waals surface area contributed by atoms with Gasteiger partial charge in [0.05, 0.1) is 0 Å². The topological polar surface area (TPSA) is 15.3 Å². The predicted molar refractivity (Wildman–Crippen MR) is 86.3 cm³/mol. The van der Waals surface area contributed by atoms with E-state index < -0.39 is 17.7 Å². The van der Waals surface area contributed by atoms with Crippen LogP contribution in [0.25, 0.3) is 0 Å². The Morgan fingerprint density at radius 1 is 1.26 bits per heavy atom. The zero-order valence-electron chi connectivity index (χ0n) is 14.9. The first-order valence-electron chi connectivity index (χ1n) is 8.77. The molecular weight excluding hydrogens is 252 g/mol. The summed E-state index contributed by atoms with van der Waals surface area (Å²) in [6.07, 6.45) is 1.72. The van der Waals surface area contributed by atoms with Crippen LogP contribution in [0.4, 0.5) is 5.69 Å². The van der Waals surface area contributed by atoms with Crippen LogP contribution < -0.4 is 10.2 Å². The van der Waals surface area contributed by atoms with Crippen LogP contribution in [0.1, 0.15) is 19.2 Å². The Hall–Kier alpha value is -1.19. The fourth-order valence-corrected chi connectivity index (χ4v) is 4.53. The SMILES string of the molecule is [2H]CC1=CC(C([2H])([2H])[2H])=C[SH]1c1ccccc1N1CCNCC1. The zero-order chi connectivity index (χ0) is 16.4. The number of rotatable bonds is 2. The monoisotopic (exact) mass is 278 g/mol. The number of benzene rings is 1. The summed E-state index contributed by atoms with van der Waals surface area (Å²) in [6.45, 7) is 1.89. The Kier molecular flexibility index (Phi) is 2.54. The number of piperazine rings is 1. The number of nitrogens with one attached hydrogen (secondary N) is 1. The lowest BCUT2D eigenvalue weighted by Crippen LogP contribution is -2.43. The predicted octanol–water partition coefficient (Wildman–Crippen LogP) is 3.28. The molecule has 19 heavy (non-hydrogen) atoms. The molecule has 0 bridgehead atoms. The lowest BCUT2D eigenvalue weighted by atomic mass is 10.2. The summed E-state index contributed by atoms with van der Waals surface area (Å²) in [4.78, 5) is 4.45. The van der Waals surface area contributed by atoms with Gasteiger partial charge in [-0.2, -0.15) is 10.9 Å². The molecule has 1 N–H and O–H groups in total. The molecule has 102 valence electrons. The number of nitrogens with zero attached hydrogens (tertiary/aromatic N) is 1. The van der Waals surface area contributed by atoms with Crippen molar-refractivity contribution in [2.24, 2.45) is 0 Å². The van der Waals surface area contributed by atoms with E-state index in [1.54, 1.807) is 6.08 Å². The summed E-state index contributed by atoms with van der Waals surface area (Å²) in [5, 5.41) is 5.24. The van der Waals surface area contributed by atoms with E-state index >= 15 is 0 Å². The van der Waals surface area contributed by atoms with Crippen molar-refractivity contribution in [1.82, 2.24) is 5.32 Å². The average molecular weight is 278 g/mol. The third-order valence-corrected chi connectivity index (χ3v) is 5.68. The van der Waals surface area contributed by atoms with E-state index in [4.69, 9.17) is 5.48 Å². The van der Waals surface area contributed by atoms with Gasteiger partial charge in [-0.1, -0.05) is 18.2 Å². The molecule has 1 unspecified atom stereocenters. The van der Waals surface area contributed by atoms with Gasteiger partial charge in [0.2, 0.25) is 0 Å². The van der Waals surface area contributed by atoms with Crippen LogP contribution in [0.3, 0.4) is 0 Å². The van der Waals surface area contributed by atoms with E-state index in [0.29, 0.717) is 5.57 Å². The number of thiol groups is 1. The van der Waals surface area contributed by atoms with E-state index in [2.05, 4.69) is 22.3 Å². The second kappa shape index (κ2) is 5.43. The van der Waals surface area contributed by atoms with E-state index in [9.17, 15) is 0 Å². The third kappa shape index (κ3) is 2.58. The largest absolute Gasteiger partial charge is 0.368 e. The molecule has 1 atom stereocenters. The molecule has 0 aromatic heterocycles. The van der Waals surface area contributed by atoms with E-state index in [1.807, 2.05) is 17.5 Å². The highest BCUT2D eigenvalue weighted by Gasteiger charge is 2.19. The zero-order valence-corrected chi connectivity index (χ0v) is 11.8. The summed E-state index contributed by atoms with van der Waals surface area (Å²) in [5.41, 5.74) is 1.57. The molecule has 2 aliphatic rings. The van der Waals surface area contributed by atoms with Crippen LogP contribution in [0.15, 0.2) is 51.1 Å². The molecule has 0 radical (unpaired) electrons. The Labute approximate surface area is 124 Å². The van der Waals surface area contributed by atoms with Gasteiger partial charge in [-0.25, -0.2) is 0 Å². The van der Waals surface area contributed by atoms with Gasteiger partial charge in [-0.3, -0.25) is 0 Å². The molecule has 0 aliphatic carbocycles. The highest BCUT2D eigenvalue weighted by atomic mass is 32.2. The van der Waals surface area contributed by atoms with Crippen molar-refractivity contribution in [3.8, 4) is 0 Å². The van der Waals surface area contributed by atoms with E-state index in [-0.39, 0.29) is 6.90 Å². The highest BCUT2D eigenvalue weighted by Crippen LogP contribution is 2.53. The van der Waals surface area contributed by atoms with Crippen molar-refractivity contribution in [2.45, 2.75) is 18.6 Å². The molecule has 1 fully saturated rings. The fraction of sp³-hybridized carbons (Fsp3) is 0.375. The van der Waals surface area contributed by atoms with Crippen molar-refractivity contribution in [2.75, 3.05) is 31.1 Å². The molecule has 0 amide bonds. The smallest absolute Gasteiger partial charge is 0.0494 e. The molecule has 2 nitrogen and oxygen atoms in total. The van der Waals surface area contributed by atoms with Crippen LogP contribution in [0.2, 0.25) is 0 Å². The van der Waals surface area contributed by atoms with Gasteiger partial charge < -0.3 is 10.2 Å². The fourth-order valence-electron chi connectivity index (χ4n) is 2.57. The lowest BCUT2D eigenvalue weighted by Gasteiger charge is -2.33. The molecular formula is C16H22N2S. The maximum atomic E-state index is 7.80. The van der Waals surface area contributed by atoms with Crippen molar-refractivity contribution < 1.29 is 5.48 Å². The minimum atomic E-state index is -2.10. The molecule has 3 rings (SSSR count). The second-order valence-corrected chi connectivity index (χ2v) is 6.87. The number of para-hydroxylation sites is 1. The van der Waals surface area contributed by atoms with E-state index in [1.165, 1.54) is 10.6 Å². The normalized spacial score (nSPS) is 28.8. The minimum absolute atomic E-state index is 0.150. The first-order chi connectivity index (χ1) is 11.0. The second-order valence-electron chi connectivity index (χ2n) is 4.82. The van der Waals surface area contributed by atoms with Crippen molar-refractivity contribution in [3.63, 3.8) is 0 Å². The summed E-state index contributed by atoms with van der Waals surface area (Å²) >= 11 is 0. The molecule has 2 heterocycles. The first-order valence-corrected chi connectivity index (χ1v) is 7.98. The molecule has 1 aromatic rings. The van der Waals surface area contributed by atoms with Crippen molar-refractivity contribution in [1.29, 1.82) is 0 Å². The van der Waals surface area contributed by atoms with Gasteiger partial charge in [0.15, 0.2) is 0 Å². The molecule has 0 saturated carbocycles. The first kappa shape index (κ1) is 8.88. The summed E-state index contributed by atoms with van der Waals surface area (Å²) in [5.74, 6) is 0. The summed E-state index contributed by atoms with van der Waals surface area (Å²) < 4.78 is 30.7. The Morgan fingerprint density at radius 2 is 2.11 bits per heavy atom. The summed E-state index contributed by atoms with van der Waals surface area (Å²) in [6, 6.07) is 8.24. The Balaban J connectivity index is 1.98. The van der Waals surface area contributed by atoms with Gasteiger partial charge in [0.25, 0.3) is 0 Å². The highest BCUT2D eigenvalue weighted by molar-refractivity contribution is 8.23. The van der Waals surface area contributed by atoms with Crippen LogP contribution in [0.5, 0.6) is 0 Å². The van der Waals surface area contributed by atoms with Crippen LogP contribution in [-0.2, 0) is 0 Å². The van der Waals surface area contributed by atoms with Crippen molar-refractivity contribution >= 4 is 16.6 Å². The Bertz CT molecular complexity index is 633. The lowest BCUT2D eigenvalue weighted by molar-refractivity contribution is 0.587. The number of hydrogen-bond acceptors (Lipinski definition) is 2. The number of allylic oxidation sites excluding steroid dienone is 3. The van der Waals surface area contributed by atoms with Crippen LogP contribution in [-0.4, -0.2) is 26.2 Å². The molecule has 0 spiro atoms.